The molecule has 1 aromatic rings. The van der Waals surface area contributed by atoms with Gasteiger partial charge in [-0.3, -0.25) is 0 Å². The molecule has 0 atom stereocenters. The molecule has 0 saturated carbocycles. The topological polar surface area (TPSA) is 72.2 Å². The largest absolute Gasteiger partial charge is 0.399 e. The summed E-state index contributed by atoms with van der Waals surface area (Å²) < 4.78 is 29.1. The van der Waals surface area contributed by atoms with Gasteiger partial charge < -0.3 is 5.73 Å². The Hall–Kier alpha value is -0.110. The van der Waals surface area contributed by atoms with Crippen molar-refractivity contribution in [1.29, 1.82) is 0 Å². The maximum Gasteiger partial charge on any atom is 0.243 e. The first-order chi connectivity index (χ1) is 9.21. The van der Waals surface area contributed by atoms with Crippen molar-refractivity contribution in [2.24, 2.45) is 0 Å². The van der Waals surface area contributed by atoms with Crippen LogP contribution in [0.3, 0.4) is 0 Å². The molecule has 0 fully saturated rings. The lowest BCUT2D eigenvalue weighted by Gasteiger charge is -2.31. The summed E-state index contributed by atoms with van der Waals surface area (Å²) in [5.74, 6) is 0. The Kier molecular flexibility index (Phi) is 6.07. The van der Waals surface area contributed by atoms with E-state index >= 15 is 0 Å². The SMILES string of the molecule is CCC(CC)(CC)NS(=O)(=O)c1c(Br)cc(N)cc1Br. The van der Waals surface area contributed by atoms with E-state index in [0.29, 0.717) is 14.6 Å². The first-order valence-electron chi connectivity index (χ1n) is 6.49. The second-order valence-corrected chi connectivity index (χ2v) is 8.09. The van der Waals surface area contributed by atoms with Crippen molar-refractivity contribution in [2.75, 3.05) is 5.73 Å². The summed E-state index contributed by atoms with van der Waals surface area (Å²) in [5.41, 5.74) is 5.78. The molecule has 3 N–H and O–H groups in total. The van der Waals surface area contributed by atoms with Gasteiger partial charge in [0, 0.05) is 20.2 Å². The zero-order chi connectivity index (χ0) is 15.6. The number of benzene rings is 1. The van der Waals surface area contributed by atoms with Gasteiger partial charge in [-0.05, 0) is 63.3 Å². The number of nitrogen functional groups attached to an aromatic ring is 1. The van der Waals surface area contributed by atoms with Gasteiger partial charge in [-0.25, -0.2) is 13.1 Å². The lowest BCUT2D eigenvalue weighted by atomic mass is 9.91. The van der Waals surface area contributed by atoms with Crippen LogP contribution in [0.15, 0.2) is 26.0 Å². The summed E-state index contributed by atoms with van der Waals surface area (Å²) in [4.78, 5) is 0.187. The normalized spacial score (nSPS) is 12.7. The van der Waals surface area contributed by atoms with Gasteiger partial charge in [-0.1, -0.05) is 20.8 Å². The molecule has 1 rings (SSSR count). The van der Waals surface area contributed by atoms with E-state index in [0.717, 1.165) is 19.3 Å². The highest BCUT2D eigenvalue weighted by Crippen LogP contribution is 2.34. The van der Waals surface area contributed by atoms with Crippen LogP contribution in [-0.4, -0.2) is 14.0 Å². The molecule has 0 amide bonds. The van der Waals surface area contributed by atoms with Crippen LogP contribution < -0.4 is 10.5 Å². The fourth-order valence-corrected chi connectivity index (χ4v) is 6.38. The molecule has 0 radical (unpaired) electrons. The molecule has 0 aliphatic heterocycles. The van der Waals surface area contributed by atoms with Crippen LogP contribution in [0.1, 0.15) is 40.0 Å². The van der Waals surface area contributed by atoms with Gasteiger partial charge in [0.2, 0.25) is 10.0 Å². The third-order valence-corrected chi connectivity index (χ3v) is 7.13. The summed E-state index contributed by atoms with van der Waals surface area (Å²) in [5, 5.41) is 0. The van der Waals surface area contributed by atoms with Crippen molar-refractivity contribution in [1.82, 2.24) is 4.72 Å². The van der Waals surface area contributed by atoms with E-state index in [9.17, 15) is 8.42 Å². The number of sulfonamides is 1. The van der Waals surface area contributed by atoms with Gasteiger partial charge in [0.05, 0.1) is 0 Å². The van der Waals surface area contributed by atoms with E-state index < -0.39 is 15.6 Å². The van der Waals surface area contributed by atoms with Gasteiger partial charge >= 0.3 is 0 Å². The Morgan fingerprint density at radius 3 is 1.85 bits per heavy atom. The van der Waals surface area contributed by atoms with Crippen LogP contribution in [0, 0.1) is 0 Å². The van der Waals surface area contributed by atoms with Gasteiger partial charge in [0.1, 0.15) is 4.90 Å². The van der Waals surface area contributed by atoms with Gasteiger partial charge in [0.25, 0.3) is 0 Å². The number of nitrogens with one attached hydrogen (secondary N) is 1. The highest BCUT2D eigenvalue weighted by Gasteiger charge is 2.32. The van der Waals surface area contributed by atoms with Crippen molar-refractivity contribution < 1.29 is 8.42 Å². The van der Waals surface area contributed by atoms with Crippen LogP contribution in [-0.2, 0) is 10.0 Å². The van der Waals surface area contributed by atoms with Crippen molar-refractivity contribution in [3.63, 3.8) is 0 Å². The molecule has 0 aliphatic carbocycles. The molecule has 7 heteroatoms. The average molecular weight is 428 g/mol. The molecule has 4 nitrogen and oxygen atoms in total. The Balaban J connectivity index is 3.32. The van der Waals surface area contributed by atoms with Crippen LogP contribution in [0.25, 0.3) is 0 Å². The van der Waals surface area contributed by atoms with E-state index in [-0.39, 0.29) is 4.90 Å². The second-order valence-electron chi connectivity index (χ2n) is 4.76. The average Bonchev–Trinajstić information content (AvgIpc) is 2.34. The van der Waals surface area contributed by atoms with E-state index in [1.807, 2.05) is 20.8 Å². The first kappa shape index (κ1) is 17.9. The Morgan fingerprint density at radius 2 is 1.50 bits per heavy atom. The summed E-state index contributed by atoms with van der Waals surface area (Å²) in [6.45, 7) is 5.97. The molecule has 0 aliphatic rings. The van der Waals surface area contributed by atoms with E-state index in [1.165, 1.54) is 0 Å². The number of anilines is 1. The van der Waals surface area contributed by atoms with E-state index in [4.69, 9.17) is 5.73 Å². The van der Waals surface area contributed by atoms with Gasteiger partial charge in [-0.2, -0.15) is 0 Å². The fraction of sp³-hybridized carbons (Fsp3) is 0.538. The molecule has 0 bridgehead atoms. The van der Waals surface area contributed by atoms with Crippen LogP contribution in [0.4, 0.5) is 5.69 Å². The van der Waals surface area contributed by atoms with Crippen LogP contribution in [0.5, 0.6) is 0 Å². The lowest BCUT2D eigenvalue weighted by Crippen LogP contribution is -2.47. The predicted molar refractivity (Wildman–Crippen MR) is 90.2 cm³/mol. The summed E-state index contributed by atoms with van der Waals surface area (Å²) >= 11 is 6.56. The number of hydrogen-bond acceptors (Lipinski definition) is 3. The highest BCUT2D eigenvalue weighted by atomic mass is 79.9. The molecule has 0 spiro atoms. The third-order valence-electron chi connectivity index (χ3n) is 3.67. The Labute approximate surface area is 137 Å². The van der Waals surface area contributed by atoms with Gasteiger partial charge in [-0.15, -0.1) is 0 Å². The van der Waals surface area contributed by atoms with E-state index in [1.54, 1.807) is 12.1 Å². The smallest absolute Gasteiger partial charge is 0.243 e. The summed E-state index contributed by atoms with van der Waals surface area (Å²) in [6, 6.07) is 3.18. The number of halogens is 2. The maximum atomic E-state index is 12.7. The minimum Gasteiger partial charge on any atom is -0.399 e. The monoisotopic (exact) mass is 426 g/mol. The third kappa shape index (κ3) is 3.75. The molecule has 0 unspecified atom stereocenters. The molecule has 20 heavy (non-hydrogen) atoms. The molecule has 0 heterocycles. The quantitative estimate of drug-likeness (QED) is 0.672. The molecule has 0 aromatic heterocycles. The van der Waals surface area contributed by atoms with Gasteiger partial charge in [0.15, 0.2) is 0 Å². The number of rotatable bonds is 6. The van der Waals surface area contributed by atoms with E-state index in [2.05, 4.69) is 36.6 Å². The summed E-state index contributed by atoms with van der Waals surface area (Å²) in [6.07, 6.45) is 2.22. The molecule has 114 valence electrons. The highest BCUT2D eigenvalue weighted by molar-refractivity contribution is 9.11. The first-order valence-corrected chi connectivity index (χ1v) is 9.56. The van der Waals surface area contributed by atoms with Crippen LogP contribution in [0.2, 0.25) is 0 Å². The van der Waals surface area contributed by atoms with Crippen molar-refractivity contribution in [3.05, 3.63) is 21.1 Å². The lowest BCUT2D eigenvalue weighted by molar-refractivity contribution is 0.341. The maximum absolute atomic E-state index is 12.7. The number of nitrogens with two attached hydrogens (primary N) is 1. The second kappa shape index (κ2) is 6.77. The molecular weight excluding hydrogens is 408 g/mol. The minimum absolute atomic E-state index is 0.187. The Morgan fingerprint density at radius 1 is 1.10 bits per heavy atom. The molecular formula is C13H20Br2N2O2S. The zero-order valence-electron chi connectivity index (χ0n) is 11.8. The van der Waals surface area contributed by atoms with Crippen molar-refractivity contribution >= 4 is 47.6 Å². The Bertz CT molecular complexity index is 553. The van der Waals surface area contributed by atoms with Crippen molar-refractivity contribution in [3.8, 4) is 0 Å². The number of hydrogen-bond donors (Lipinski definition) is 2. The fourth-order valence-electron chi connectivity index (χ4n) is 2.14. The van der Waals surface area contributed by atoms with Crippen LogP contribution >= 0.6 is 31.9 Å². The standard InChI is InChI=1S/C13H20Br2N2O2S/c1-4-13(5-2,6-3)17-20(18,19)12-10(14)7-9(16)8-11(12)15/h7-8,17H,4-6,16H2,1-3H3. The summed E-state index contributed by atoms with van der Waals surface area (Å²) in [7, 11) is -3.63. The van der Waals surface area contributed by atoms with Crippen molar-refractivity contribution in [2.45, 2.75) is 50.5 Å². The molecule has 0 saturated heterocycles. The zero-order valence-corrected chi connectivity index (χ0v) is 15.8. The minimum atomic E-state index is -3.63. The molecule has 1 aromatic carbocycles. The predicted octanol–water partition coefficient (Wildman–Crippen LogP) is 4.04.